The van der Waals surface area contributed by atoms with Crippen molar-refractivity contribution in [1.29, 1.82) is 0 Å². The molecule has 0 atom stereocenters. The number of hydrogen-bond donors (Lipinski definition) is 0. The maximum atomic E-state index is 10.7. The molecule has 1 aliphatic rings. The molecule has 0 aromatic carbocycles. The maximum Gasteiger partial charge on any atom is 0.156 e. The zero-order valence-electron chi connectivity index (χ0n) is 11.1. The first-order valence-electron chi connectivity index (χ1n) is 6.73. The molecule has 0 spiro atoms. The summed E-state index contributed by atoms with van der Waals surface area (Å²) >= 11 is 0. The van der Waals surface area contributed by atoms with Crippen LogP contribution in [0.2, 0.25) is 0 Å². The first-order chi connectivity index (χ1) is 9.24. The van der Waals surface area contributed by atoms with Crippen molar-refractivity contribution in [2.75, 3.05) is 20.1 Å². The minimum Gasteiger partial charge on any atom is -0.306 e. The van der Waals surface area contributed by atoms with E-state index in [0.717, 1.165) is 37.3 Å². The summed E-state index contributed by atoms with van der Waals surface area (Å²) in [5.74, 6) is 1.57. The Hall–Kier alpha value is -1.75. The maximum absolute atomic E-state index is 10.7. The van der Waals surface area contributed by atoms with E-state index in [1.54, 1.807) is 22.8 Å². The number of rotatable bonds is 3. The number of carbonyl (C=O) groups excluding carboxylic acids is 1. The average molecular weight is 258 g/mol. The molecule has 1 aliphatic heterocycles. The van der Waals surface area contributed by atoms with Crippen molar-refractivity contribution in [2.24, 2.45) is 5.92 Å². The lowest BCUT2D eigenvalue weighted by Crippen LogP contribution is -2.31. The first-order valence-corrected chi connectivity index (χ1v) is 6.73. The monoisotopic (exact) mass is 258 g/mol. The van der Waals surface area contributed by atoms with Gasteiger partial charge in [0.15, 0.2) is 11.5 Å². The minimum absolute atomic E-state index is 0.644. The molecule has 0 bridgehead atoms. The van der Waals surface area contributed by atoms with Crippen LogP contribution in [0, 0.1) is 5.92 Å². The predicted octanol–water partition coefficient (Wildman–Crippen LogP) is 1.43. The summed E-state index contributed by atoms with van der Waals surface area (Å²) < 4.78 is 1.75. The number of aldehydes is 1. The van der Waals surface area contributed by atoms with Gasteiger partial charge in [0.25, 0.3) is 0 Å². The van der Waals surface area contributed by atoms with Gasteiger partial charge in [-0.25, -0.2) is 9.50 Å². The lowest BCUT2D eigenvalue weighted by Gasteiger charge is -2.28. The van der Waals surface area contributed by atoms with Gasteiger partial charge in [-0.2, -0.15) is 5.10 Å². The number of fused-ring (bicyclic) bond motifs is 1. The van der Waals surface area contributed by atoms with E-state index in [2.05, 4.69) is 22.0 Å². The zero-order chi connectivity index (χ0) is 13.2. The molecule has 2 aromatic rings. The SMILES string of the molecule is CN1CCC(Cc2nc3cc(C=O)ccn3n2)CC1. The van der Waals surface area contributed by atoms with Gasteiger partial charge in [0.05, 0.1) is 0 Å². The van der Waals surface area contributed by atoms with Crippen LogP contribution < -0.4 is 0 Å². The van der Waals surface area contributed by atoms with Gasteiger partial charge in [-0.3, -0.25) is 4.79 Å². The molecule has 0 N–H and O–H groups in total. The van der Waals surface area contributed by atoms with Gasteiger partial charge in [-0.1, -0.05) is 0 Å². The second-order valence-electron chi connectivity index (χ2n) is 5.36. The Balaban J connectivity index is 1.76. The van der Waals surface area contributed by atoms with Gasteiger partial charge < -0.3 is 4.90 Å². The van der Waals surface area contributed by atoms with Crippen LogP contribution in [-0.2, 0) is 6.42 Å². The molecule has 3 rings (SSSR count). The molecule has 0 saturated carbocycles. The second kappa shape index (κ2) is 5.09. The van der Waals surface area contributed by atoms with Crippen molar-refractivity contribution in [2.45, 2.75) is 19.3 Å². The average Bonchev–Trinajstić information content (AvgIpc) is 2.82. The first kappa shape index (κ1) is 12.3. The summed E-state index contributed by atoms with van der Waals surface area (Å²) in [5.41, 5.74) is 1.40. The number of piperidine rings is 1. The third-order valence-electron chi connectivity index (χ3n) is 3.85. The van der Waals surface area contributed by atoms with Gasteiger partial charge in [0, 0.05) is 18.2 Å². The fraction of sp³-hybridized carbons (Fsp3) is 0.500. The number of aromatic nitrogens is 3. The standard InChI is InChI=1S/C14H18N4O/c1-17-5-2-11(3-6-17)8-13-15-14-9-12(10-19)4-7-18(14)16-13/h4,7,9-11H,2-3,5-6,8H2,1H3. The highest BCUT2D eigenvalue weighted by Crippen LogP contribution is 2.19. The molecule has 5 nitrogen and oxygen atoms in total. The summed E-state index contributed by atoms with van der Waals surface area (Å²) in [4.78, 5) is 17.6. The Morgan fingerprint density at radius 3 is 2.95 bits per heavy atom. The van der Waals surface area contributed by atoms with E-state index in [-0.39, 0.29) is 0 Å². The molecular formula is C14H18N4O. The molecule has 0 amide bonds. The van der Waals surface area contributed by atoms with Gasteiger partial charge in [0.2, 0.25) is 0 Å². The number of likely N-dealkylation sites (tertiary alicyclic amines) is 1. The van der Waals surface area contributed by atoms with Gasteiger partial charge in [-0.05, 0) is 51.0 Å². The molecule has 0 aliphatic carbocycles. The molecule has 3 heterocycles. The molecule has 100 valence electrons. The van der Waals surface area contributed by atoms with E-state index in [0.29, 0.717) is 11.5 Å². The second-order valence-corrected chi connectivity index (χ2v) is 5.36. The van der Waals surface area contributed by atoms with Crippen molar-refractivity contribution in [3.05, 3.63) is 29.7 Å². The van der Waals surface area contributed by atoms with Crippen LogP contribution in [0.4, 0.5) is 0 Å². The molecule has 1 saturated heterocycles. The highest BCUT2D eigenvalue weighted by Gasteiger charge is 2.18. The minimum atomic E-state index is 0.644. The summed E-state index contributed by atoms with van der Waals surface area (Å²) in [5, 5.41) is 4.48. The molecule has 0 unspecified atom stereocenters. The quantitative estimate of drug-likeness (QED) is 0.781. The van der Waals surface area contributed by atoms with E-state index >= 15 is 0 Å². The van der Waals surface area contributed by atoms with E-state index in [9.17, 15) is 4.79 Å². The Kier molecular flexibility index (Phi) is 3.29. The van der Waals surface area contributed by atoms with Gasteiger partial charge in [0.1, 0.15) is 6.29 Å². The normalized spacial score (nSPS) is 17.9. The Bertz CT molecular complexity index is 584. The van der Waals surface area contributed by atoms with Crippen LogP contribution >= 0.6 is 0 Å². The third-order valence-corrected chi connectivity index (χ3v) is 3.85. The van der Waals surface area contributed by atoms with Crippen molar-refractivity contribution in [1.82, 2.24) is 19.5 Å². The molecule has 1 fully saturated rings. The Morgan fingerprint density at radius 1 is 1.42 bits per heavy atom. The third kappa shape index (κ3) is 2.66. The molecular weight excluding hydrogens is 240 g/mol. The van der Waals surface area contributed by atoms with Crippen LogP contribution in [0.1, 0.15) is 29.0 Å². The Labute approximate surface area is 112 Å². The smallest absolute Gasteiger partial charge is 0.156 e. The fourth-order valence-electron chi connectivity index (χ4n) is 2.63. The Morgan fingerprint density at radius 2 is 2.21 bits per heavy atom. The van der Waals surface area contributed by atoms with Crippen LogP contribution in [0.3, 0.4) is 0 Å². The predicted molar refractivity (Wildman–Crippen MR) is 72.3 cm³/mol. The number of carbonyl (C=O) groups is 1. The number of nitrogens with zero attached hydrogens (tertiary/aromatic N) is 4. The highest BCUT2D eigenvalue weighted by molar-refractivity contribution is 5.76. The van der Waals surface area contributed by atoms with Crippen molar-refractivity contribution in [3.8, 4) is 0 Å². The molecule has 2 aromatic heterocycles. The van der Waals surface area contributed by atoms with Crippen molar-refractivity contribution < 1.29 is 4.79 Å². The van der Waals surface area contributed by atoms with E-state index < -0.39 is 0 Å². The van der Waals surface area contributed by atoms with Gasteiger partial charge in [-0.15, -0.1) is 0 Å². The number of hydrogen-bond acceptors (Lipinski definition) is 4. The lowest BCUT2D eigenvalue weighted by atomic mass is 9.94. The summed E-state index contributed by atoms with van der Waals surface area (Å²) in [6, 6.07) is 3.53. The molecule has 0 radical (unpaired) electrons. The molecule has 5 heteroatoms. The van der Waals surface area contributed by atoms with Gasteiger partial charge >= 0.3 is 0 Å². The summed E-state index contributed by atoms with van der Waals surface area (Å²) in [7, 11) is 2.17. The van der Waals surface area contributed by atoms with E-state index in [1.807, 2.05) is 0 Å². The number of pyridine rings is 1. The van der Waals surface area contributed by atoms with E-state index in [1.165, 1.54) is 12.8 Å². The largest absolute Gasteiger partial charge is 0.306 e. The van der Waals surface area contributed by atoms with Crippen LogP contribution in [-0.4, -0.2) is 45.9 Å². The van der Waals surface area contributed by atoms with Crippen LogP contribution in [0.15, 0.2) is 18.3 Å². The molecule has 19 heavy (non-hydrogen) atoms. The van der Waals surface area contributed by atoms with E-state index in [4.69, 9.17) is 0 Å². The van der Waals surface area contributed by atoms with Crippen molar-refractivity contribution in [3.63, 3.8) is 0 Å². The fourth-order valence-corrected chi connectivity index (χ4v) is 2.63. The summed E-state index contributed by atoms with van der Waals surface area (Å²) in [6.45, 7) is 2.32. The van der Waals surface area contributed by atoms with Crippen LogP contribution in [0.5, 0.6) is 0 Å². The van der Waals surface area contributed by atoms with Crippen molar-refractivity contribution >= 4 is 11.9 Å². The zero-order valence-corrected chi connectivity index (χ0v) is 11.1. The topological polar surface area (TPSA) is 50.5 Å². The highest BCUT2D eigenvalue weighted by atomic mass is 16.1. The van der Waals surface area contributed by atoms with Crippen LogP contribution in [0.25, 0.3) is 5.65 Å². The lowest BCUT2D eigenvalue weighted by molar-refractivity contribution is 0.112. The summed E-state index contributed by atoms with van der Waals surface area (Å²) in [6.07, 6.45) is 6.00.